The fourth-order valence-electron chi connectivity index (χ4n) is 0.851. The first-order chi connectivity index (χ1) is 4.91. The molecule has 1 saturated heterocycles. The molecule has 0 unspecified atom stereocenters. The van der Waals surface area contributed by atoms with Crippen molar-refractivity contribution in [2.45, 2.75) is 40.1 Å². The van der Waals surface area contributed by atoms with Crippen molar-refractivity contribution in [1.29, 1.82) is 0 Å². The van der Waals surface area contributed by atoms with Gasteiger partial charge in [0, 0.05) is 5.41 Å². The smallest absolute Gasteiger partial charge is 0.337 e. The summed E-state index contributed by atoms with van der Waals surface area (Å²) in [4.78, 5) is 10.9. The lowest BCUT2D eigenvalue weighted by Gasteiger charge is -2.23. The Kier molecular flexibility index (Phi) is 1.92. The molecule has 11 heavy (non-hydrogen) atoms. The molecule has 0 aromatic rings. The lowest BCUT2D eigenvalue weighted by molar-refractivity contribution is -0.154. The summed E-state index contributed by atoms with van der Waals surface area (Å²) >= 11 is 0. The van der Waals surface area contributed by atoms with Crippen molar-refractivity contribution >= 4 is 5.97 Å². The first-order valence-corrected chi connectivity index (χ1v) is 3.77. The van der Waals surface area contributed by atoms with E-state index in [4.69, 9.17) is 9.47 Å². The maximum Gasteiger partial charge on any atom is 0.337 e. The third kappa shape index (κ3) is 1.71. The minimum atomic E-state index is -0.403. The molecule has 1 fully saturated rings. The van der Waals surface area contributed by atoms with E-state index in [0.29, 0.717) is 0 Å². The molecule has 0 bridgehead atoms. The molecule has 64 valence electrons. The van der Waals surface area contributed by atoms with E-state index in [2.05, 4.69) is 0 Å². The van der Waals surface area contributed by atoms with Crippen molar-refractivity contribution in [1.82, 2.24) is 0 Å². The molecule has 3 nitrogen and oxygen atoms in total. The van der Waals surface area contributed by atoms with Crippen molar-refractivity contribution in [3.63, 3.8) is 0 Å². The van der Waals surface area contributed by atoms with E-state index in [1.807, 2.05) is 20.8 Å². The Morgan fingerprint density at radius 3 is 2.09 bits per heavy atom. The van der Waals surface area contributed by atoms with Gasteiger partial charge in [0.05, 0.1) is 0 Å². The summed E-state index contributed by atoms with van der Waals surface area (Å²) in [5.41, 5.74) is -0.125. The molecule has 0 amide bonds. The SMILES string of the molecule is C[C@@H]1O[C@H](C(C)(C)C)OC1=O. The van der Waals surface area contributed by atoms with Crippen LogP contribution in [0.4, 0.5) is 0 Å². The van der Waals surface area contributed by atoms with E-state index >= 15 is 0 Å². The molecule has 3 heteroatoms. The van der Waals surface area contributed by atoms with E-state index in [1.165, 1.54) is 0 Å². The largest absolute Gasteiger partial charge is 0.433 e. The molecule has 1 rings (SSSR count). The van der Waals surface area contributed by atoms with Gasteiger partial charge in [0.25, 0.3) is 0 Å². The Bertz CT molecular complexity index is 169. The van der Waals surface area contributed by atoms with Gasteiger partial charge in [-0.1, -0.05) is 20.8 Å². The number of ether oxygens (including phenoxy) is 2. The predicted octanol–water partition coefficient (Wildman–Crippen LogP) is 1.32. The second-order valence-corrected chi connectivity index (χ2v) is 3.91. The molecule has 1 heterocycles. The summed E-state index contributed by atoms with van der Waals surface area (Å²) in [6, 6.07) is 0. The fraction of sp³-hybridized carbons (Fsp3) is 0.875. The number of esters is 1. The van der Waals surface area contributed by atoms with Crippen LogP contribution in [0.2, 0.25) is 0 Å². The average molecular weight is 158 g/mol. The number of cyclic esters (lactones) is 1. The van der Waals surface area contributed by atoms with Gasteiger partial charge >= 0.3 is 5.97 Å². The van der Waals surface area contributed by atoms with Gasteiger partial charge in [0.1, 0.15) is 0 Å². The minimum Gasteiger partial charge on any atom is -0.433 e. The van der Waals surface area contributed by atoms with Crippen LogP contribution in [-0.4, -0.2) is 18.4 Å². The fourth-order valence-corrected chi connectivity index (χ4v) is 0.851. The molecule has 0 aromatic carbocycles. The van der Waals surface area contributed by atoms with Crippen LogP contribution in [0.25, 0.3) is 0 Å². The predicted molar refractivity (Wildman–Crippen MR) is 39.9 cm³/mol. The zero-order valence-electron chi connectivity index (χ0n) is 7.38. The third-order valence-electron chi connectivity index (χ3n) is 1.59. The molecule has 0 aromatic heterocycles. The van der Waals surface area contributed by atoms with Crippen molar-refractivity contribution in [3.05, 3.63) is 0 Å². The highest BCUT2D eigenvalue weighted by molar-refractivity contribution is 5.75. The Balaban J connectivity index is 2.61. The Labute approximate surface area is 66.7 Å². The minimum absolute atomic E-state index is 0.125. The Morgan fingerprint density at radius 1 is 1.36 bits per heavy atom. The monoisotopic (exact) mass is 158 g/mol. The van der Waals surface area contributed by atoms with Gasteiger partial charge in [0.15, 0.2) is 6.10 Å². The normalized spacial score (nSPS) is 32.2. The average Bonchev–Trinajstić information content (AvgIpc) is 2.11. The molecular formula is C8H14O3. The van der Waals surface area contributed by atoms with Crippen molar-refractivity contribution < 1.29 is 14.3 Å². The van der Waals surface area contributed by atoms with Crippen molar-refractivity contribution in [2.75, 3.05) is 0 Å². The van der Waals surface area contributed by atoms with Gasteiger partial charge in [-0.15, -0.1) is 0 Å². The summed E-state index contributed by atoms with van der Waals surface area (Å²) < 4.78 is 10.2. The van der Waals surface area contributed by atoms with Gasteiger partial charge in [-0.05, 0) is 6.92 Å². The van der Waals surface area contributed by atoms with E-state index in [9.17, 15) is 4.79 Å². The van der Waals surface area contributed by atoms with Crippen LogP contribution in [0.3, 0.4) is 0 Å². The number of hydrogen-bond donors (Lipinski definition) is 0. The summed E-state index contributed by atoms with van der Waals surface area (Å²) in [5.74, 6) is -0.259. The summed E-state index contributed by atoms with van der Waals surface area (Å²) in [5, 5.41) is 0. The van der Waals surface area contributed by atoms with Crippen LogP contribution in [0, 0.1) is 5.41 Å². The molecule has 0 saturated carbocycles. The zero-order chi connectivity index (χ0) is 8.65. The van der Waals surface area contributed by atoms with Gasteiger partial charge in [-0.25, -0.2) is 4.79 Å². The summed E-state index contributed by atoms with van der Waals surface area (Å²) in [6.45, 7) is 7.63. The number of carbonyl (C=O) groups excluding carboxylic acids is 1. The lowest BCUT2D eigenvalue weighted by Crippen LogP contribution is -2.27. The quantitative estimate of drug-likeness (QED) is 0.499. The molecule has 1 aliphatic heterocycles. The maximum atomic E-state index is 10.9. The van der Waals surface area contributed by atoms with E-state index in [0.717, 1.165) is 0 Å². The second kappa shape index (κ2) is 2.48. The highest BCUT2D eigenvalue weighted by Crippen LogP contribution is 2.28. The molecule has 0 radical (unpaired) electrons. The molecule has 2 atom stereocenters. The number of rotatable bonds is 0. The van der Waals surface area contributed by atoms with Crippen LogP contribution < -0.4 is 0 Å². The summed E-state index contributed by atoms with van der Waals surface area (Å²) in [6.07, 6.45) is -0.788. The van der Waals surface area contributed by atoms with Gasteiger partial charge in [-0.2, -0.15) is 0 Å². The van der Waals surface area contributed by atoms with E-state index in [-0.39, 0.29) is 17.7 Å². The first-order valence-electron chi connectivity index (χ1n) is 3.77. The van der Waals surface area contributed by atoms with Crippen molar-refractivity contribution in [2.24, 2.45) is 5.41 Å². The third-order valence-corrected chi connectivity index (χ3v) is 1.59. The van der Waals surface area contributed by atoms with Crippen LogP contribution in [0.5, 0.6) is 0 Å². The van der Waals surface area contributed by atoms with E-state index in [1.54, 1.807) is 6.92 Å². The van der Waals surface area contributed by atoms with Crippen LogP contribution in [0.15, 0.2) is 0 Å². The topological polar surface area (TPSA) is 35.5 Å². The van der Waals surface area contributed by atoms with Crippen LogP contribution in [0.1, 0.15) is 27.7 Å². The molecule has 0 N–H and O–H groups in total. The highest BCUT2D eigenvalue weighted by Gasteiger charge is 2.39. The van der Waals surface area contributed by atoms with Crippen LogP contribution >= 0.6 is 0 Å². The van der Waals surface area contributed by atoms with Gasteiger partial charge < -0.3 is 9.47 Å². The molecule has 0 spiro atoms. The summed E-state index contributed by atoms with van der Waals surface area (Å²) in [7, 11) is 0. The Morgan fingerprint density at radius 2 is 1.91 bits per heavy atom. The maximum absolute atomic E-state index is 10.9. The first kappa shape index (κ1) is 8.53. The van der Waals surface area contributed by atoms with Crippen molar-refractivity contribution in [3.8, 4) is 0 Å². The van der Waals surface area contributed by atoms with Crippen LogP contribution in [-0.2, 0) is 14.3 Å². The van der Waals surface area contributed by atoms with Gasteiger partial charge in [0.2, 0.25) is 6.29 Å². The standard InChI is InChI=1S/C8H14O3/c1-5-6(9)11-7(10-5)8(2,3)4/h5,7H,1-4H3/t5-,7-/m0/s1. The zero-order valence-corrected chi connectivity index (χ0v) is 7.38. The molecular weight excluding hydrogens is 144 g/mol. The molecule has 0 aliphatic carbocycles. The van der Waals surface area contributed by atoms with E-state index < -0.39 is 6.10 Å². The number of carbonyl (C=O) groups is 1. The number of hydrogen-bond acceptors (Lipinski definition) is 3. The van der Waals surface area contributed by atoms with Gasteiger partial charge in [-0.3, -0.25) is 0 Å². The molecule has 1 aliphatic rings. The lowest BCUT2D eigenvalue weighted by atomic mass is 9.96. The Hall–Kier alpha value is -0.570. The highest BCUT2D eigenvalue weighted by atomic mass is 16.8. The second-order valence-electron chi connectivity index (χ2n) is 3.91.